The zero-order valence-electron chi connectivity index (χ0n) is 15.8. The summed E-state index contributed by atoms with van der Waals surface area (Å²) in [5, 5.41) is 6.24. The number of aryl methyl sites for hydroxylation is 1. The molecule has 2 aliphatic rings. The summed E-state index contributed by atoms with van der Waals surface area (Å²) in [5.41, 5.74) is 1.82. The van der Waals surface area contributed by atoms with Gasteiger partial charge in [0.2, 0.25) is 5.91 Å². The molecule has 2 heterocycles. The van der Waals surface area contributed by atoms with Gasteiger partial charge in [0.05, 0.1) is 13.0 Å². The van der Waals surface area contributed by atoms with Gasteiger partial charge < -0.3 is 20.1 Å². The van der Waals surface area contributed by atoms with E-state index in [1.54, 1.807) is 13.0 Å². The Labute approximate surface area is 160 Å². The molecular formula is C21H28N2O4. The Kier molecular flexibility index (Phi) is 6.87. The fraction of sp³-hybridized carbons (Fsp3) is 0.524. The number of carbonyl (C=O) groups excluding carboxylic acids is 2. The van der Waals surface area contributed by atoms with E-state index in [0.717, 1.165) is 55.8 Å². The fourth-order valence-electron chi connectivity index (χ4n) is 3.52. The number of rotatable bonds is 6. The van der Waals surface area contributed by atoms with Gasteiger partial charge in [0, 0.05) is 5.69 Å². The predicted octanol–water partition coefficient (Wildman–Crippen LogP) is 2.83. The van der Waals surface area contributed by atoms with Gasteiger partial charge >= 0.3 is 5.97 Å². The SMILES string of the molecule is CCOC(=O)CC1CCc2cc(NC(=O)C=CC3CCNCC3)ccc2O1. The lowest BCUT2D eigenvalue weighted by molar-refractivity contribution is -0.145. The Morgan fingerprint density at radius 1 is 1.30 bits per heavy atom. The molecule has 27 heavy (non-hydrogen) atoms. The van der Waals surface area contributed by atoms with E-state index in [9.17, 15) is 9.59 Å². The number of hydrogen-bond acceptors (Lipinski definition) is 5. The number of hydrogen-bond donors (Lipinski definition) is 2. The van der Waals surface area contributed by atoms with Gasteiger partial charge in [-0.25, -0.2) is 0 Å². The van der Waals surface area contributed by atoms with Gasteiger partial charge in [-0.15, -0.1) is 0 Å². The predicted molar refractivity (Wildman–Crippen MR) is 104 cm³/mol. The Balaban J connectivity index is 1.53. The molecule has 6 nitrogen and oxygen atoms in total. The molecule has 0 bridgehead atoms. The molecule has 2 N–H and O–H groups in total. The number of ether oxygens (including phenoxy) is 2. The zero-order valence-corrected chi connectivity index (χ0v) is 15.8. The van der Waals surface area contributed by atoms with Crippen LogP contribution in [0.15, 0.2) is 30.4 Å². The molecule has 1 aromatic rings. The van der Waals surface area contributed by atoms with Crippen molar-refractivity contribution < 1.29 is 19.1 Å². The first-order valence-electron chi connectivity index (χ1n) is 9.79. The van der Waals surface area contributed by atoms with E-state index in [0.29, 0.717) is 12.5 Å². The Morgan fingerprint density at radius 3 is 2.89 bits per heavy atom. The molecule has 0 spiro atoms. The lowest BCUT2D eigenvalue weighted by Gasteiger charge is -2.26. The molecule has 1 aromatic carbocycles. The molecule has 1 unspecified atom stereocenters. The van der Waals surface area contributed by atoms with Gasteiger partial charge in [-0.05, 0) is 81.5 Å². The average molecular weight is 372 g/mol. The van der Waals surface area contributed by atoms with Crippen molar-refractivity contribution in [3.8, 4) is 5.75 Å². The van der Waals surface area contributed by atoms with E-state index in [1.165, 1.54) is 0 Å². The molecule has 146 valence electrons. The third-order valence-corrected chi connectivity index (χ3v) is 4.96. The summed E-state index contributed by atoms with van der Waals surface area (Å²) in [7, 11) is 0. The van der Waals surface area contributed by atoms with Gasteiger partial charge in [0.25, 0.3) is 0 Å². The molecule has 1 atom stereocenters. The van der Waals surface area contributed by atoms with E-state index in [2.05, 4.69) is 10.6 Å². The average Bonchev–Trinajstić information content (AvgIpc) is 2.67. The van der Waals surface area contributed by atoms with E-state index in [-0.39, 0.29) is 24.4 Å². The van der Waals surface area contributed by atoms with Gasteiger partial charge in [-0.1, -0.05) is 6.08 Å². The van der Waals surface area contributed by atoms with Crippen molar-refractivity contribution in [2.24, 2.45) is 5.92 Å². The maximum Gasteiger partial charge on any atom is 0.309 e. The standard InChI is InChI=1S/C21H28N2O4/c1-2-26-21(25)14-18-6-4-16-13-17(5-7-19(16)27-18)23-20(24)8-3-15-9-11-22-12-10-15/h3,5,7-8,13,15,18,22H,2,4,6,9-12,14H2,1H3,(H,23,24). The van der Waals surface area contributed by atoms with Crippen LogP contribution in [0.1, 0.15) is 38.2 Å². The van der Waals surface area contributed by atoms with Crippen LogP contribution in [0.25, 0.3) is 0 Å². The molecule has 0 saturated carbocycles. The Hall–Kier alpha value is -2.34. The van der Waals surface area contributed by atoms with Gasteiger partial charge in [0.1, 0.15) is 11.9 Å². The largest absolute Gasteiger partial charge is 0.490 e. The van der Waals surface area contributed by atoms with Crippen LogP contribution < -0.4 is 15.4 Å². The summed E-state index contributed by atoms with van der Waals surface area (Å²) in [5.74, 6) is 0.921. The summed E-state index contributed by atoms with van der Waals surface area (Å²) < 4.78 is 10.9. The van der Waals surface area contributed by atoms with Crippen molar-refractivity contribution >= 4 is 17.6 Å². The molecule has 0 aliphatic carbocycles. The van der Waals surface area contributed by atoms with Crippen molar-refractivity contribution in [1.82, 2.24) is 5.32 Å². The topological polar surface area (TPSA) is 76.7 Å². The molecule has 0 aromatic heterocycles. The van der Waals surface area contributed by atoms with Crippen LogP contribution in [0.5, 0.6) is 5.75 Å². The van der Waals surface area contributed by atoms with E-state index < -0.39 is 0 Å². The fourth-order valence-corrected chi connectivity index (χ4v) is 3.52. The maximum atomic E-state index is 12.2. The minimum absolute atomic E-state index is 0.106. The first-order chi connectivity index (χ1) is 13.1. The first-order valence-corrected chi connectivity index (χ1v) is 9.79. The number of fused-ring (bicyclic) bond motifs is 1. The van der Waals surface area contributed by atoms with Crippen molar-refractivity contribution in [2.45, 2.75) is 45.1 Å². The van der Waals surface area contributed by atoms with Crippen LogP contribution in [0.2, 0.25) is 0 Å². The molecule has 1 fully saturated rings. The smallest absolute Gasteiger partial charge is 0.309 e. The minimum atomic E-state index is -0.227. The molecule has 1 amide bonds. The first kappa shape index (κ1) is 19.4. The minimum Gasteiger partial charge on any atom is -0.490 e. The Morgan fingerprint density at radius 2 is 2.11 bits per heavy atom. The number of anilines is 1. The van der Waals surface area contributed by atoms with Crippen LogP contribution >= 0.6 is 0 Å². The Bertz CT molecular complexity index is 695. The third kappa shape index (κ3) is 5.82. The number of amides is 1. The molecular weight excluding hydrogens is 344 g/mol. The highest BCUT2D eigenvalue weighted by Gasteiger charge is 2.23. The van der Waals surface area contributed by atoms with Gasteiger partial charge in [-0.3, -0.25) is 9.59 Å². The number of nitrogens with one attached hydrogen (secondary N) is 2. The summed E-state index contributed by atoms with van der Waals surface area (Å²) >= 11 is 0. The van der Waals surface area contributed by atoms with Gasteiger partial charge in [-0.2, -0.15) is 0 Å². The highest BCUT2D eigenvalue weighted by molar-refractivity contribution is 5.99. The number of allylic oxidation sites excluding steroid dienone is 1. The number of esters is 1. The number of carbonyl (C=O) groups is 2. The van der Waals surface area contributed by atoms with Gasteiger partial charge in [0.15, 0.2) is 0 Å². The monoisotopic (exact) mass is 372 g/mol. The van der Waals surface area contributed by atoms with Crippen LogP contribution in [-0.4, -0.2) is 37.7 Å². The second-order valence-corrected chi connectivity index (χ2v) is 7.05. The molecule has 2 aliphatic heterocycles. The summed E-state index contributed by atoms with van der Waals surface area (Å²) in [6.45, 7) is 4.21. The summed E-state index contributed by atoms with van der Waals surface area (Å²) in [6.07, 6.45) is 7.50. The number of piperidine rings is 1. The summed E-state index contributed by atoms with van der Waals surface area (Å²) in [4.78, 5) is 23.8. The van der Waals surface area contributed by atoms with Crippen molar-refractivity contribution in [3.63, 3.8) is 0 Å². The highest BCUT2D eigenvalue weighted by Crippen LogP contribution is 2.31. The maximum absolute atomic E-state index is 12.2. The molecule has 6 heteroatoms. The number of benzene rings is 1. The lowest BCUT2D eigenvalue weighted by atomic mass is 9.98. The second kappa shape index (κ2) is 9.55. The van der Waals surface area contributed by atoms with Crippen LogP contribution in [-0.2, 0) is 20.7 Å². The van der Waals surface area contributed by atoms with E-state index in [1.807, 2.05) is 24.3 Å². The molecule has 3 rings (SSSR count). The third-order valence-electron chi connectivity index (χ3n) is 4.96. The van der Waals surface area contributed by atoms with Crippen molar-refractivity contribution in [3.05, 3.63) is 35.9 Å². The van der Waals surface area contributed by atoms with Crippen LogP contribution in [0.3, 0.4) is 0 Å². The molecule has 0 radical (unpaired) electrons. The van der Waals surface area contributed by atoms with E-state index >= 15 is 0 Å². The summed E-state index contributed by atoms with van der Waals surface area (Å²) in [6, 6.07) is 5.65. The lowest BCUT2D eigenvalue weighted by Crippen LogP contribution is -2.27. The quantitative estimate of drug-likeness (QED) is 0.593. The van der Waals surface area contributed by atoms with Crippen molar-refractivity contribution in [2.75, 3.05) is 25.0 Å². The zero-order chi connectivity index (χ0) is 19.1. The second-order valence-electron chi connectivity index (χ2n) is 7.05. The normalized spacial score (nSPS) is 20.0. The van der Waals surface area contributed by atoms with Crippen LogP contribution in [0, 0.1) is 5.92 Å². The molecule has 1 saturated heterocycles. The highest BCUT2D eigenvalue weighted by atomic mass is 16.5. The van der Waals surface area contributed by atoms with E-state index in [4.69, 9.17) is 9.47 Å². The van der Waals surface area contributed by atoms with Crippen molar-refractivity contribution in [1.29, 1.82) is 0 Å². The van der Waals surface area contributed by atoms with Crippen LogP contribution in [0.4, 0.5) is 5.69 Å².